The van der Waals surface area contributed by atoms with Gasteiger partial charge in [-0.15, -0.1) is 0 Å². The van der Waals surface area contributed by atoms with Crippen molar-refractivity contribution in [2.75, 3.05) is 12.3 Å². The van der Waals surface area contributed by atoms with E-state index in [1.165, 1.54) is 0 Å². The molecule has 16 heavy (non-hydrogen) atoms. The van der Waals surface area contributed by atoms with Gasteiger partial charge in [-0.2, -0.15) is 0 Å². The fraction of sp³-hybridized carbons (Fsp3) is 0.400. The summed E-state index contributed by atoms with van der Waals surface area (Å²) < 4.78 is 26.2. The quantitative estimate of drug-likeness (QED) is 0.564. The Labute approximate surface area is 90.9 Å². The van der Waals surface area contributed by atoms with E-state index in [0.717, 1.165) is 12.1 Å². The first-order chi connectivity index (χ1) is 7.49. The van der Waals surface area contributed by atoms with Gasteiger partial charge in [-0.05, 0) is 18.6 Å². The molecule has 0 aliphatic heterocycles. The highest BCUT2D eigenvalue weighted by molar-refractivity contribution is 5.49. The van der Waals surface area contributed by atoms with Crippen LogP contribution in [-0.2, 0) is 0 Å². The Kier molecular flexibility index (Phi) is 4.17. The summed E-state index contributed by atoms with van der Waals surface area (Å²) in [6.07, 6.45) is -3.22. The largest absolute Gasteiger partial charge is 0.398 e. The smallest absolute Gasteiger partial charge is 0.166 e. The fourth-order valence-electron chi connectivity index (χ4n) is 1.36. The first-order valence-electron chi connectivity index (χ1n) is 4.69. The molecule has 0 aliphatic carbocycles. The third kappa shape index (κ3) is 2.46. The standard InChI is InChI=1S/C10H13F2NO3/c11-5-1-2-6(13)8(9(5)12)10(16)7(15)3-4-14/h1-2,7,10,14-16H,3-4,13H2. The van der Waals surface area contributed by atoms with Crippen molar-refractivity contribution >= 4 is 5.69 Å². The van der Waals surface area contributed by atoms with Gasteiger partial charge in [0.2, 0.25) is 0 Å². The Hall–Kier alpha value is -1.24. The van der Waals surface area contributed by atoms with E-state index in [0.29, 0.717) is 0 Å². The molecule has 0 aliphatic rings. The van der Waals surface area contributed by atoms with Crippen LogP contribution >= 0.6 is 0 Å². The topological polar surface area (TPSA) is 86.7 Å². The summed E-state index contributed by atoms with van der Waals surface area (Å²) in [5, 5.41) is 27.5. The summed E-state index contributed by atoms with van der Waals surface area (Å²) >= 11 is 0. The summed E-state index contributed by atoms with van der Waals surface area (Å²) in [5.41, 5.74) is 4.75. The molecule has 1 rings (SSSR count). The maximum absolute atomic E-state index is 13.3. The summed E-state index contributed by atoms with van der Waals surface area (Å²) in [5.74, 6) is -2.44. The molecule has 0 fully saturated rings. The van der Waals surface area contributed by atoms with Crippen molar-refractivity contribution in [2.45, 2.75) is 18.6 Å². The molecule has 1 aromatic rings. The average molecular weight is 233 g/mol. The van der Waals surface area contributed by atoms with Gasteiger partial charge in [-0.1, -0.05) is 0 Å². The average Bonchev–Trinajstić information content (AvgIpc) is 2.24. The van der Waals surface area contributed by atoms with Crippen LogP contribution in [-0.4, -0.2) is 28.0 Å². The van der Waals surface area contributed by atoms with Crippen molar-refractivity contribution in [3.05, 3.63) is 29.3 Å². The van der Waals surface area contributed by atoms with E-state index >= 15 is 0 Å². The van der Waals surface area contributed by atoms with Gasteiger partial charge in [0.15, 0.2) is 11.6 Å². The first-order valence-corrected chi connectivity index (χ1v) is 4.69. The number of hydrogen-bond acceptors (Lipinski definition) is 4. The third-order valence-electron chi connectivity index (χ3n) is 2.25. The summed E-state index contributed by atoms with van der Waals surface area (Å²) in [6, 6.07) is 1.93. The van der Waals surface area contributed by atoms with Crippen LogP contribution in [0.1, 0.15) is 18.1 Å². The van der Waals surface area contributed by atoms with E-state index < -0.39 is 29.4 Å². The van der Waals surface area contributed by atoms with Gasteiger partial charge in [-0.3, -0.25) is 0 Å². The zero-order valence-corrected chi connectivity index (χ0v) is 8.40. The maximum atomic E-state index is 13.3. The molecule has 0 radical (unpaired) electrons. The molecule has 0 amide bonds. The maximum Gasteiger partial charge on any atom is 0.166 e. The van der Waals surface area contributed by atoms with Crippen molar-refractivity contribution in [3.8, 4) is 0 Å². The van der Waals surface area contributed by atoms with Crippen LogP contribution in [0.5, 0.6) is 0 Å². The lowest BCUT2D eigenvalue weighted by molar-refractivity contribution is 0.00248. The van der Waals surface area contributed by atoms with Gasteiger partial charge in [0.05, 0.1) is 6.10 Å². The molecule has 2 unspecified atom stereocenters. The van der Waals surface area contributed by atoms with E-state index in [1.54, 1.807) is 0 Å². The molecule has 1 aromatic carbocycles. The second-order valence-corrected chi connectivity index (χ2v) is 3.39. The molecule has 2 atom stereocenters. The van der Waals surface area contributed by atoms with E-state index in [-0.39, 0.29) is 18.7 Å². The highest BCUT2D eigenvalue weighted by atomic mass is 19.2. The lowest BCUT2D eigenvalue weighted by atomic mass is 10.00. The number of halogens is 2. The normalized spacial score (nSPS) is 14.8. The van der Waals surface area contributed by atoms with Crippen molar-refractivity contribution in [3.63, 3.8) is 0 Å². The molecule has 0 saturated carbocycles. The van der Waals surface area contributed by atoms with Crippen molar-refractivity contribution in [2.24, 2.45) is 0 Å². The molecular formula is C10H13F2NO3. The third-order valence-corrected chi connectivity index (χ3v) is 2.25. The van der Waals surface area contributed by atoms with Crippen LogP contribution in [0.3, 0.4) is 0 Å². The molecular weight excluding hydrogens is 220 g/mol. The number of nitrogen functional groups attached to an aromatic ring is 1. The Bertz CT molecular complexity index is 373. The minimum Gasteiger partial charge on any atom is -0.398 e. The fourth-order valence-corrected chi connectivity index (χ4v) is 1.36. The minimum atomic E-state index is -1.66. The monoisotopic (exact) mass is 233 g/mol. The second-order valence-electron chi connectivity index (χ2n) is 3.39. The predicted molar refractivity (Wildman–Crippen MR) is 53.4 cm³/mol. The van der Waals surface area contributed by atoms with Crippen LogP contribution in [0.2, 0.25) is 0 Å². The van der Waals surface area contributed by atoms with Crippen molar-refractivity contribution in [1.29, 1.82) is 0 Å². The highest BCUT2D eigenvalue weighted by Gasteiger charge is 2.25. The molecule has 5 N–H and O–H groups in total. The molecule has 0 saturated heterocycles. The Balaban J connectivity index is 3.07. The number of rotatable bonds is 4. The molecule has 4 nitrogen and oxygen atoms in total. The molecule has 0 heterocycles. The minimum absolute atomic E-state index is 0.150. The van der Waals surface area contributed by atoms with Gasteiger partial charge < -0.3 is 21.1 Å². The van der Waals surface area contributed by atoms with Gasteiger partial charge in [-0.25, -0.2) is 8.78 Å². The zero-order chi connectivity index (χ0) is 12.3. The van der Waals surface area contributed by atoms with Crippen molar-refractivity contribution in [1.82, 2.24) is 0 Å². The summed E-state index contributed by atoms with van der Waals surface area (Å²) in [4.78, 5) is 0. The number of nitrogens with two attached hydrogens (primary N) is 1. The van der Waals surface area contributed by atoms with E-state index in [2.05, 4.69) is 0 Å². The van der Waals surface area contributed by atoms with Gasteiger partial charge in [0.25, 0.3) is 0 Å². The number of hydrogen-bond donors (Lipinski definition) is 4. The van der Waals surface area contributed by atoms with Crippen molar-refractivity contribution < 1.29 is 24.1 Å². The second kappa shape index (κ2) is 5.20. The number of anilines is 1. The van der Waals surface area contributed by atoms with Crippen LogP contribution in [0, 0.1) is 11.6 Å². The molecule has 90 valence electrons. The highest BCUT2D eigenvalue weighted by Crippen LogP contribution is 2.28. The number of aliphatic hydroxyl groups excluding tert-OH is 3. The van der Waals surface area contributed by atoms with Crippen LogP contribution in [0.25, 0.3) is 0 Å². The van der Waals surface area contributed by atoms with Crippen LogP contribution in [0.15, 0.2) is 12.1 Å². The molecule has 0 aromatic heterocycles. The van der Waals surface area contributed by atoms with Gasteiger partial charge in [0.1, 0.15) is 6.10 Å². The Morgan fingerprint density at radius 1 is 1.25 bits per heavy atom. The SMILES string of the molecule is Nc1ccc(F)c(F)c1C(O)C(O)CCO. The van der Waals surface area contributed by atoms with Crippen LogP contribution in [0.4, 0.5) is 14.5 Å². The Morgan fingerprint density at radius 3 is 2.44 bits per heavy atom. The molecule has 0 bridgehead atoms. The molecule has 6 heteroatoms. The lowest BCUT2D eigenvalue weighted by Crippen LogP contribution is -2.22. The summed E-state index contributed by atoms with van der Waals surface area (Å²) in [7, 11) is 0. The number of aliphatic hydroxyl groups is 3. The zero-order valence-electron chi connectivity index (χ0n) is 8.40. The first kappa shape index (κ1) is 12.8. The summed E-state index contributed by atoms with van der Waals surface area (Å²) in [6.45, 7) is -0.380. The van der Waals surface area contributed by atoms with Gasteiger partial charge in [0, 0.05) is 17.9 Å². The predicted octanol–water partition coefficient (Wildman–Crippen LogP) is 0.324. The van der Waals surface area contributed by atoms with Gasteiger partial charge >= 0.3 is 0 Å². The number of benzene rings is 1. The molecule has 0 spiro atoms. The van der Waals surface area contributed by atoms with Crippen LogP contribution < -0.4 is 5.73 Å². The Morgan fingerprint density at radius 2 is 1.88 bits per heavy atom. The van der Waals surface area contributed by atoms with E-state index in [4.69, 9.17) is 10.8 Å². The van der Waals surface area contributed by atoms with E-state index in [9.17, 15) is 19.0 Å². The van der Waals surface area contributed by atoms with E-state index in [1.807, 2.05) is 0 Å². The lowest BCUT2D eigenvalue weighted by Gasteiger charge is -2.19.